The van der Waals surface area contributed by atoms with Gasteiger partial charge in [-0.1, -0.05) is 35.4 Å². The Kier molecular flexibility index (Phi) is 4.59. The number of hydrogen-bond acceptors (Lipinski definition) is 1. The smallest absolute Gasteiger partial charge is 0.175 e. The van der Waals surface area contributed by atoms with E-state index in [0.29, 0.717) is 11.3 Å². The second kappa shape index (κ2) is 5.34. The van der Waals surface area contributed by atoms with E-state index in [1.807, 2.05) is 0 Å². The summed E-state index contributed by atoms with van der Waals surface area (Å²) in [5.74, 6) is 0.452. The van der Waals surface area contributed by atoms with Gasteiger partial charge in [0.15, 0.2) is 0 Å². The zero-order chi connectivity index (χ0) is 12.3. The molecule has 0 aromatic heterocycles. The van der Waals surface area contributed by atoms with Crippen LogP contribution >= 0.6 is 35.8 Å². The van der Waals surface area contributed by atoms with Crippen molar-refractivity contribution in [1.82, 2.24) is 0 Å². The third-order valence-electron chi connectivity index (χ3n) is 1.80. The van der Waals surface area contributed by atoms with Crippen molar-refractivity contribution in [3.63, 3.8) is 0 Å². The molecule has 0 radical (unpaired) electrons. The zero-order valence-corrected chi connectivity index (χ0v) is 10.3. The van der Waals surface area contributed by atoms with Crippen molar-refractivity contribution in [3.05, 3.63) is 39.4 Å². The Bertz CT molecular complexity index is 390. The lowest BCUT2D eigenvalue weighted by Crippen LogP contribution is -2.05. The predicted molar refractivity (Wildman–Crippen MR) is 64.4 cm³/mol. The van der Waals surface area contributed by atoms with E-state index >= 15 is 0 Å². The summed E-state index contributed by atoms with van der Waals surface area (Å²) in [6, 6.07) is 1.71. The fourth-order valence-electron chi connectivity index (χ4n) is 1.08. The van der Waals surface area contributed by atoms with Crippen LogP contribution in [0.5, 0.6) is 0 Å². The minimum Gasteiger partial charge on any atom is -0.175 e. The van der Waals surface area contributed by atoms with Gasteiger partial charge in [0.05, 0.1) is 5.56 Å². The molecule has 0 unspecified atom stereocenters. The first-order valence-corrected chi connectivity index (χ1v) is 5.58. The average Bonchev–Trinajstić information content (AvgIpc) is 2.15. The van der Waals surface area contributed by atoms with Gasteiger partial charge < -0.3 is 0 Å². The first-order chi connectivity index (χ1) is 7.36. The van der Waals surface area contributed by atoms with Crippen molar-refractivity contribution in [2.75, 3.05) is 5.75 Å². The quantitative estimate of drug-likeness (QED) is 0.730. The van der Waals surface area contributed by atoms with Gasteiger partial charge in [0.2, 0.25) is 0 Å². The highest BCUT2D eigenvalue weighted by molar-refractivity contribution is 7.80. The highest BCUT2D eigenvalue weighted by Crippen LogP contribution is 2.36. The van der Waals surface area contributed by atoms with Gasteiger partial charge in [-0.05, 0) is 12.1 Å². The van der Waals surface area contributed by atoms with Gasteiger partial charge >= 0.3 is 6.18 Å². The van der Waals surface area contributed by atoms with Crippen LogP contribution in [0.25, 0.3) is 6.08 Å². The molecule has 0 nitrogen and oxygen atoms in total. The van der Waals surface area contributed by atoms with Crippen molar-refractivity contribution in [2.45, 2.75) is 6.18 Å². The average molecular weight is 287 g/mol. The minimum absolute atomic E-state index is 0.0298. The van der Waals surface area contributed by atoms with Gasteiger partial charge in [-0.3, -0.25) is 0 Å². The van der Waals surface area contributed by atoms with Crippen molar-refractivity contribution >= 4 is 41.9 Å². The van der Waals surface area contributed by atoms with E-state index in [1.54, 1.807) is 6.08 Å². The highest BCUT2D eigenvalue weighted by atomic mass is 35.5. The van der Waals surface area contributed by atoms with Crippen molar-refractivity contribution in [2.24, 2.45) is 0 Å². The van der Waals surface area contributed by atoms with E-state index in [9.17, 15) is 13.2 Å². The van der Waals surface area contributed by atoms with E-state index < -0.39 is 11.7 Å². The Labute approximate surface area is 106 Å². The molecular formula is C10H7Cl2F3S. The zero-order valence-electron chi connectivity index (χ0n) is 7.85. The fourth-order valence-corrected chi connectivity index (χ4v) is 1.80. The lowest BCUT2D eigenvalue weighted by atomic mass is 10.1. The summed E-state index contributed by atoms with van der Waals surface area (Å²) in [5.41, 5.74) is -0.490. The summed E-state index contributed by atoms with van der Waals surface area (Å²) in [6.07, 6.45) is -1.26. The lowest BCUT2D eigenvalue weighted by Gasteiger charge is -2.10. The molecule has 0 bridgehead atoms. The van der Waals surface area contributed by atoms with E-state index in [0.717, 1.165) is 12.1 Å². The molecule has 1 aromatic carbocycles. The second-order valence-electron chi connectivity index (χ2n) is 2.94. The maximum atomic E-state index is 12.4. The molecule has 0 saturated carbocycles. The molecule has 0 N–H and O–H groups in total. The van der Waals surface area contributed by atoms with Crippen LogP contribution in [0.3, 0.4) is 0 Å². The number of halogens is 5. The minimum atomic E-state index is -4.45. The molecule has 0 aliphatic rings. The summed E-state index contributed by atoms with van der Waals surface area (Å²) in [5, 5.41) is -0.0595. The molecule has 0 atom stereocenters. The third kappa shape index (κ3) is 3.34. The van der Waals surface area contributed by atoms with Crippen LogP contribution in [0.15, 0.2) is 18.2 Å². The van der Waals surface area contributed by atoms with Crippen LogP contribution in [0.1, 0.15) is 11.1 Å². The summed E-state index contributed by atoms with van der Waals surface area (Å²) in [4.78, 5) is 0. The normalized spacial score (nSPS) is 12.4. The van der Waals surface area contributed by atoms with E-state index in [1.165, 1.54) is 6.08 Å². The van der Waals surface area contributed by atoms with Crippen LogP contribution < -0.4 is 0 Å². The Hall–Kier alpha value is -0.320. The maximum absolute atomic E-state index is 12.4. The first-order valence-electron chi connectivity index (χ1n) is 4.20. The van der Waals surface area contributed by atoms with Crippen molar-refractivity contribution in [1.29, 1.82) is 0 Å². The van der Waals surface area contributed by atoms with Crippen LogP contribution in [0, 0.1) is 0 Å². The molecule has 1 aromatic rings. The van der Waals surface area contributed by atoms with Gasteiger partial charge in [0, 0.05) is 21.4 Å². The van der Waals surface area contributed by atoms with Crippen LogP contribution in [0.4, 0.5) is 13.2 Å². The number of hydrogen-bond donors (Lipinski definition) is 1. The summed E-state index contributed by atoms with van der Waals surface area (Å²) >= 11 is 15.4. The van der Waals surface area contributed by atoms with Gasteiger partial charge in [-0.25, -0.2) is 0 Å². The number of rotatable bonds is 2. The number of benzene rings is 1. The molecule has 0 aliphatic carbocycles. The fraction of sp³-hybridized carbons (Fsp3) is 0.200. The van der Waals surface area contributed by atoms with Crippen molar-refractivity contribution < 1.29 is 13.2 Å². The second-order valence-corrected chi connectivity index (χ2v) is 4.12. The van der Waals surface area contributed by atoms with Crippen molar-refractivity contribution in [3.8, 4) is 0 Å². The maximum Gasteiger partial charge on any atom is 0.416 e. The highest BCUT2D eigenvalue weighted by Gasteiger charge is 2.31. The molecule has 16 heavy (non-hydrogen) atoms. The molecule has 88 valence electrons. The Morgan fingerprint density at radius 2 is 1.69 bits per heavy atom. The number of alkyl halides is 3. The molecule has 1 rings (SSSR count). The monoisotopic (exact) mass is 286 g/mol. The largest absolute Gasteiger partial charge is 0.416 e. The Morgan fingerprint density at radius 1 is 1.19 bits per heavy atom. The molecule has 0 spiro atoms. The third-order valence-corrected chi connectivity index (χ3v) is 2.63. The molecule has 0 fully saturated rings. The van der Waals surface area contributed by atoms with Crippen LogP contribution in [-0.4, -0.2) is 5.75 Å². The van der Waals surface area contributed by atoms with Gasteiger partial charge in [0.25, 0.3) is 0 Å². The lowest BCUT2D eigenvalue weighted by molar-refractivity contribution is -0.137. The van der Waals surface area contributed by atoms with Crippen LogP contribution in [-0.2, 0) is 6.18 Å². The molecule has 0 heterocycles. The van der Waals surface area contributed by atoms with Gasteiger partial charge in [-0.15, -0.1) is 0 Å². The first kappa shape index (κ1) is 13.7. The number of thiol groups is 1. The molecule has 0 amide bonds. The molecule has 0 aliphatic heterocycles. The summed E-state index contributed by atoms with van der Waals surface area (Å²) in [7, 11) is 0. The Morgan fingerprint density at radius 3 is 2.06 bits per heavy atom. The van der Waals surface area contributed by atoms with Gasteiger partial charge in [0.1, 0.15) is 0 Å². The molecule has 6 heteroatoms. The van der Waals surface area contributed by atoms with E-state index in [4.69, 9.17) is 23.2 Å². The van der Waals surface area contributed by atoms with E-state index in [-0.39, 0.29) is 10.0 Å². The Balaban J connectivity index is 3.23. The summed E-state index contributed by atoms with van der Waals surface area (Å²) in [6.45, 7) is 0. The predicted octanol–water partition coefficient (Wildman–Crippen LogP) is 4.96. The summed E-state index contributed by atoms with van der Waals surface area (Å²) < 4.78 is 37.2. The SMILES string of the molecule is FC(F)(F)c1cc(Cl)c(C=CCS)c(Cl)c1. The van der Waals surface area contributed by atoms with Gasteiger partial charge in [-0.2, -0.15) is 25.8 Å². The molecule has 0 saturated heterocycles. The topological polar surface area (TPSA) is 0 Å². The van der Waals surface area contributed by atoms with Crippen LogP contribution in [0.2, 0.25) is 10.0 Å². The molecular weight excluding hydrogens is 280 g/mol. The van der Waals surface area contributed by atoms with E-state index in [2.05, 4.69) is 12.6 Å². The standard InChI is InChI=1S/C10H7Cl2F3S/c11-8-4-6(10(13,14)15)5-9(12)7(8)2-1-3-16/h1-2,4-5,16H,3H2.